The molecule has 0 amide bonds. The van der Waals surface area contributed by atoms with Gasteiger partial charge in [0.1, 0.15) is 0 Å². The van der Waals surface area contributed by atoms with Gasteiger partial charge in [0.2, 0.25) is 5.12 Å². The fourth-order valence-corrected chi connectivity index (χ4v) is 2.66. The maximum absolute atomic E-state index is 13.6. The van der Waals surface area contributed by atoms with Gasteiger partial charge >= 0.3 is 47.6 Å². The lowest BCUT2D eigenvalue weighted by Crippen LogP contribution is -2.74. The first-order chi connectivity index (χ1) is 14.6. The first-order valence-corrected chi connectivity index (χ1v) is 9.10. The predicted octanol–water partition coefficient (Wildman–Crippen LogP) is 7.61. The number of rotatable bonds is 11. The normalized spacial score (nSPS) is 15.5. The van der Waals surface area contributed by atoms with E-state index in [1.165, 1.54) is 0 Å². The number of carbonyl (C=O) groups is 1. The minimum Gasteiger partial charge on any atom is -0.282 e. The summed E-state index contributed by atoms with van der Waals surface area (Å²) in [5.41, 5.74) is -0.202. The van der Waals surface area contributed by atoms with Crippen molar-refractivity contribution in [3.63, 3.8) is 0 Å². The highest BCUT2D eigenvalue weighted by Crippen LogP contribution is 2.64. The van der Waals surface area contributed by atoms with Crippen molar-refractivity contribution in [2.75, 3.05) is 5.75 Å². The molecule has 0 radical (unpaired) electrons. The van der Waals surface area contributed by atoms with Crippen LogP contribution in [0.15, 0.2) is 12.2 Å². The molecule has 19 heteroatoms. The Hall–Kier alpha value is -1.43. The third kappa shape index (κ3) is 4.94. The zero-order chi connectivity index (χ0) is 28.0. The first kappa shape index (κ1) is 32.6. The van der Waals surface area contributed by atoms with Crippen molar-refractivity contribution in [2.24, 2.45) is 0 Å². The van der Waals surface area contributed by atoms with E-state index in [4.69, 9.17) is 0 Å². The first-order valence-electron chi connectivity index (χ1n) is 8.12. The molecule has 0 saturated carbocycles. The minimum atomic E-state index is -8.63. The number of hydrogen-bond donors (Lipinski definition) is 0. The molecule has 0 aliphatic carbocycles. The second kappa shape index (κ2) is 9.22. The highest BCUT2D eigenvalue weighted by molar-refractivity contribution is 8.14. The standard InChI is InChI=1S/C15H11F17OS/c1-6(2)7(33)34-5-3-4-8(16,17)9(18,19)10(20,21)11(22,23)12(24,25)13(26,27)14(28,29)15(30,31)32/h1,3-5H2,2H3. The Morgan fingerprint density at radius 3 is 1.26 bits per heavy atom. The number of alkyl halides is 17. The van der Waals surface area contributed by atoms with Crippen molar-refractivity contribution < 1.29 is 79.4 Å². The van der Waals surface area contributed by atoms with E-state index in [1.807, 2.05) is 0 Å². The predicted molar refractivity (Wildman–Crippen MR) is 82.2 cm³/mol. The highest BCUT2D eigenvalue weighted by Gasteiger charge is 2.95. The van der Waals surface area contributed by atoms with Crippen LogP contribution in [0.3, 0.4) is 0 Å². The number of thioether (sulfide) groups is 1. The van der Waals surface area contributed by atoms with Crippen molar-refractivity contribution in [1.29, 1.82) is 0 Å². The Bertz CT molecular complexity index is 767. The van der Waals surface area contributed by atoms with Crippen LogP contribution in [0.2, 0.25) is 0 Å². The van der Waals surface area contributed by atoms with Gasteiger partial charge in [-0.15, -0.1) is 0 Å². The summed E-state index contributed by atoms with van der Waals surface area (Å²) in [6, 6.07) is 0. The Kier molecular flexibility index (Phi) is 8.83. The van der Waals surface area contributed by atoms with E-state index in [2.05, 4.69) is 6.58 Å². The molecule has 0 aromatic heterocycles. The summed E-state index contributed by atoms with van der Waals surface area (Å²) >= 11 is 0.100. The Labute approximate surface area is 182 Å². The SMILES string of the molecule is C=C(C)C(=O)SCCCC(F)(F)C(F)(F)C(F)(F)C(F)(F)C(F)(F)C(F)(F)C(F)(F)C(F)(F)F. The molecule has 1 nitrogen and oxygen atoms in total. The average Bonchev–Trinajstić information content (AvgIpc) is 2.62. The Morgan fingerprint density at radius 1 is 0.618 bits per heavy atom. The molecular formula is C15H11F17OS. The van der Waals surface area contributed by atoms with Gasteiger partial charge in [0.15, 0.2) is 0 Å². The van der Waals surface area contributed by atoms with Gasteiger partial charge in [0.05, 0.1) is 0 Å². The van der Waals surface area contributed by atoms with Crippen LogP contribution in [0.4, 0.5) is 74.6 Å². The molecule has 0 aliphatic rings. The van der Waals surface area contributed by atoms with E-state index >= 15 is 0 Å². The van der Waals surface area contributed by atoms with Gasteiger partial charge in [-0.25, -0.2) is 0 Å². The minimum absolute atomic E-state index is 0.100. The Balaban J connectivity index is 6.20. The second-order valence-electron chi connectivity index (χ2n) is 6.67. The lowest BCUT2D eigenvalue weighted by molar-refractivity contribution is -0.461. The number of halogens is 17. The zero-order valence-electron chi connectivity index (χ0n) is 16.1. The molecule has 0 unspecified atom stereocenters. The summed E-state index contributed by atoms with van der Waals surface area (Å²) in [4.78, 5) is 11.1. The second-order valence-corrected chi connectivity index (χ2v) is 7.74. The zero-order valence-corrected chi connectivity index (χ0v) is 16.9. The third-order valence-corrected chi connectivity index (χ3v) is 5.11. The molecule has 0 rings (SSSR count). The molecule has 0 aromatic rings. The van der Waals surface area contributed by atoms with Crippen LogP contribution in [0.25, 0.3) is 0 Å². The molecule has 202 valence electrons. The van der Waals surface area contributed by atoms with Gasteiger partial charge in [0.25, 0.3) is 0 Å². The summed E-state index contributed by atoms with van der Waals surface area (Å²) in [6.45, 7) is 4.18. The molecule has 0 atom stereocenters. The molecule has 0 aliphatic heterocycles. The summed E-state index contributed by atoms with van der Waals surface area (Å²) in [5, 5.41) is -0.917. The van der Waals surface area contributed by atoms with Crippen LogP contribution in [0, 0.1) is 0 Å². The average molecular weight is 562 g/mol. The lowest BCUT2D eigenvalue weighted by Gasteiger charge is -2.42. The molecule has 0 fully saturated rings. The van der Waals surface area contributed by atoms with Crippen LogP contribution in [0.5, 0.6) is 0 Å². The van der Waals surface area contributed by atoms with Gasteiger partial charge in [-0.05, 0) is 18.9 Å². The van der Waals surface area contributed by atoms with Gasteiger partial charge in [0, 0.05) is 12.2 Å². The molecular weight excluding hydrogens is 551 g/mol. The van der Waals surface area contributed by atoms with E-state index < -0.39 is 71.3 Å². The van der Waals surface area contributed by atoms with E-state index in [0.29, 0.717) is 0 Å². The van der Waals surface area contributed by atoms with Crippen LogP contribution < -0.4 is 0 Å². The molecule has 34 heavy (non-hydrogen) atoms. The highest BCUT2D eigenvalue weighted by atomic mass is 32.2. The fraction of sp³-hybridized carbons (Fsp3) is 0.800. The fourth-order valence-electron chi connectivity index (χ4n) is 1.94. The van der Waals surface area contributed by atoms with Crippen LogP contribution in [-0.4, -0.2) is 58.5 Å². The largest absolute Gasteiger partial charge is 0.460 e. The van der Waals surface area contributed by atoms with Crippen molar-refractivity contribution in [1.82, 2.24) is 0 Å². The lowest BCUT2D eigenvalue weighted by atomic mass is 9.88. The van der Waals surface area contributed by atoms with Crippen LogP contribution in [-0.2, 0) is 4.79 Å². The molecule has 0 N–H and O–H groups in total. The van der Waals surface area contributed by atoms with Crippen molar-refractivity contribution in [3.05, 3.63) is 12.2 Å². The quantitative estimate of drug-likeness (QED) is 0.147. The molecule has 0 aromatic carbocycles. The van der Waals surface area contributed by atoms with Crippen molar-refractivity contribution >= 4 is 16.9 Å². The maximum Gasteiger partial charge on any atom is 0.460 e. The summed E-state index contributed by atoms with van der Waals surface area (Å²) < 4.78 is 222. The summed E-state index contributed by atoms with van der Waals surface area (Å²) in [6.07, 6.45) is -11.7. The smallest absolute Gasteiger partial charge is 0.282 e. The monoisotopic (exact) mass is 562 g/mol. The van der Waals surface area contributed by atoms with E-state index in [1.54, 1.807) is 0 Å². The van der Waals surface area contributed by atoms with Crippen LogP contribution >= 0.6 is 11.8 Å². The van der Waals surface area contributed by atoms with Crippen LogP contribution in [0.1, 0.15) is 19.8 Å². The Morgan fingerprint density at radius 2 is 0.941 bits per heavy atom. The van der Waals surface area contributed by atoms with Gasteiger partial charge < -0.3 is 0 Å². The molecule has 0 bridgehead atoms. The third-order valence-electron chi connectivity index (χ3n) is 4.00. The van der Waals surface area contributed by atoms with Gasteiger partial charge in [-0.1, -0.05) is 18.3 Å². The topological polar surface area (TPSA) is 17.1 Å². The summed E-state index contributed by atoms with van der Waals surface area (Å²) in [5.74, 6) is -57.2. The van der Waals surface area contributed by atoms with Crippen molar-refractivity contribution in [2.45, 2.75) is 67.4 Å². The number of carbonyl (C=O) groups excluding carboxylic acids is 1. The van der Waals surface area contributed by atoms with E-state index in [0.717, 1.165) is 6.92 Å². The van der Waals surface area contributed by atoms with Gasteiger partial charge in [-0.2, -0.15) is 74.6 Å². The molecule has 0 heterocycles. The van der Waals surface area contributed by atoms with Crippen molar-refractivity contribution in [3.8, 4) is 0 Å². The van der Waals surface area contributed by atoms with E-state index in [9.17, 15) is 79.4 Å². The van der Waals surface area contributed by atoms with Gasteiger partial charge in [-0.3, -0.25) is 4.79 Å². The summed E-state index contributed by atoms with van der Waals surface area (Å²) in [7, 11) is 0. The molecule has 0 saturated heterocycles. The van der Waals surface area contributed by atoms with E-state index in [-0.39, 0.29) is 17.3 Å². The molecule has 0 spiro atoms. The maximum atomic E-state index is 13.6. The number of hydrogen-bond acceptors (Lipinski definition) is 2.